The summed E-state index contributed by atoms with van der Waals surface area (Å²) in [4.78, 5) is 0. The molecule has 0 spiro atoms. The molecule has 0 aromatic carbocycles. The Balaban J connectivity index is 2.78. The van der Waals surface area contributed by atoms with Gasteiger partial charge in [-0.1, -0.05) is 39.3 Å². The first-order chi connectivity index (χ1) is 5.58. The molecular weight excluding hydrogens is 150 g/mol. The predicted molar refractivity (Wildman–Crippen MR) is 49.0 cm³/mol. The van der Waals surface area contributed by atoms with Crippen LogP contribution in [-0.2, 0) is 0 Å². The molecule has 1 aromatic rings. The average Bonchev–Trinajstić information content (AvgIpc) is 2.55. The average molecular weight is 167 g/mol. The number of nitrogens with zero attached hydrogens (tertiary/aromatic N) is 1. The first kappa shape index (κ1) is 9.30. The lowest BCUT2D eigenvalue weighted by Crippen LogP contribution is -2.18. The zero-order valence-corrected chi connectivity index (χ0v) is 8.29. The second-order valence-corrected chi connectivity index (χ2v) is 4.02. The molecule has 1 aromatic heterocycles. The fourth-order valence-electron chi connectivity index (χ4n) is 1.18. The molecule has 1 unspecified atom stereocenters. The maximum atomic E-state index is 4.83. The Bertz CT molecular complexity index is 226. The molecule has 2 heteroatoms. The van der Waals surface area contributed by atoms with Crippen molar-refractivity contribution >= 4 is 0 Å². The summed E-state index contributed by atoms with van der Waals surface area (Å²) in [5.74, 6) is 0.508. The van der Waals surface area contributed by atoms with Gasteiger partial charge >= 0.3 is 0 Å². The highest BCUT2D eigenvalue weighted by atomic mass is 16.5. The molecule has 0 bridgehead atoms. The van der Waals surface area contributed by atoms with E-state index in [4.69, 9.17) is 4.52 Å². The van der Waals surface area contributed by atoms with Crippen LogP contribution in [0.1, 0.15) is 45.6 Å². The van der Waals surface area contributed by atoms with Crippen LogP contribution >= 0.6 is 0 Å². The van der Waals surface area contributed by atoms with Gasteiger partial charge in [-0.2, -0.15) is 0 Å². The Labute approximate surface area is 74.0 Å². The number of hydrogen-bond acceptors (Lipinski definition) is 2. The number of rotatable bonds is 3. The first-order valence-corrected chi connectivity index (χ1v) is 4.47. The van der Waals surface area contributed by atoms with Gasteiger partial charge in [0.2, 0.25) is 0 Å². The molecule has 12 heavy (non-hydrogen) atoms. The minimum absolute atomic E-state index is 0.325. The van der Waals surface area contributed by atoms with E-state index in [0.717, 1.165) is 0 Å². The summed E-state index contributed by atoms with van der Waals surface area (Å²) in [7, 11) is 0. The molecule has 1 rings (SSSR count). The SMILES string of the molecule is CCC(C)(C)C(C)c1cnoc1. The molecule has 0 saturated carbocycles. The first-order valence-electron chi connectivity index (χ1n) is 4.47. The van der Waals surface area contributed by atoms with Crippen molar-refractivity contribution in [3.8, 4) is 0 Å². The topological polar surface area (TPSA) is 26.0 Å². The third kappa shape index (κ3) is 1.68. The van der Waals surface area contributed by atoms with Crippen LogP contribution in [0.3, 0.4) is 0 Å². The van der Waals surface area contributed by atoms with Gasteiger partial charge in [0.25, 0.3) is 0 Å². The minimum atomic E-state index is 0.325. The van der Waals surface area contributed by atoms with Gasteiger partial charge < -0.3 is 4.52 Å². The van der Waals surface area contributed by atoms with Crippen LogP contribution in [0, 0.1) is 5.41 Å². The molecule has 0 fully saturated rings. The standard InChI is InChI=1S/C10H17NO/c1-5-10(3,4)8(2)9-6-11-12-7-9/h6-8H,5H2,1-4H3. The Morgan fingerprint density at radius 1 is 1.58 bits per heavy atom. The second kappa shape index (κ2) is 3.30. The fraction of sp³-hybridized carbons (Fsp3) is 0.700. The highest BCUT2D eigenvalue weighted by molar-refractivity contribution is 5.10. The highest BCUT2D eigenvalue weighted by Crippen LogP contribution is 2.37. The second-order valence-electron chi connectivity index (χ2n) is 4.02. The number of aromatic nitrogens is 1. The van der Waals surface area contributed by atoms with E-state index in [1.54, 1.807) is 6.26 Å². The van der Waals surface area contributed by atoms with Crippen molar-refractivity contribution in [1.82, 2.24) is 5.16 Å². The Kier molecular flexibility index (Phi) is 2.55. The Morgan fingerprint density at radius 3 is 2.67 bits per heavy atom. The van der Waals surface area contributed by atoms with E-state index in [1.807, 2.05) is 6.20 Å². The molecule has 68 valence electrons. The number of hydrogen-bond donors (Lipinski definition) is 0. The van der Waals surface area contributed by atoms with Crippen molar-refractivity contribution in [2.75, 3.05) is 0 Å². The Hall–Kier alpha value is -0.790. The normalized spacial score (nSPS) is 14.7. The van der Waals surface area contributed by atoms with Crippen molar-refractivity contribution in [3.05, 3.63) is 18.0 Å². The predicted octanol–water partition coefficient (Wildman–Crippen LogP) is 3.21. The summed E-state index contributed by atoms with van der Waals surface area (Å²) >= 11 is 0. The summed E-state index contributed by atoms with van der Waals surface area (Å²) in [6.07, 6.45) is 4.71. The van der Waals surface area contributed by atoms with Crippen molar-refractivity contribution in [2.45, 2.75) is 40.0 Å². The molecule has 1 atom stereocenters. The van der Waals surface area contributed by atoms with E-state index >= 15 is 0 Å². The molecule has 0 radical (unpaired) electrons. The zero-order chi connectivity index (χ0) is 9.19. The summed E-state index contributed by atoms with van der Waals surface area (Å²) in [6, 6.07) is 0. The molecule has 2 nitrogen and oxygen atoms in total. The van der Waals surface area contributed by atoms with Gasteiger partial charge in [0.1, 0.15) is 6.26 Å². The lowest BCUT2D eigenvalue weighted by molar-refractivity contribution is 0.287. The van der Waals surface area contributed by atoms with Crippen molar-refractivity contribution in [3.63, 3.8) is 0 Å². The third-order valence-electron chi connectivity index (χ3n) is 3.03. The van der Waals surface area contributed by atoms with E-state index in [2.05, 4.69) is 32.9 Å². The van der Waals surface area contributed by atoms with Crippen LogP contribution in [0.15, 0.2) is 17.0 Å². The zero-order valence-electron chi connectivity index (χ0n) is 8.29. The lowest BCUT2D eigenvalue weighted by Gasteiger charge is -2.29. The summed E-state index contributed by atoms with van der Waals surface area (Å²) < 4.78 is 4.83. The maximum Gasteiger partial charge on any atom is 0.127 e. The lowest BCUT2D eigenvalue weighted by atomic mass is 9.75. The van der Waals surface area contributed by atoms with E-state index < -0.39 is 0 Å². The van der Waals surface area contributed by atoms with Crippen LogP contribution in [0.4, 0.5) is 0 Å². The van der Waals surface area contributed by atoms with Gasteiger partial charge in [-0.05, 0) is 11.3 Å². The van der Waals surface area contributed by atoms with Gasteiger partial charge in [-0.25, -0.2) is 0 Å². The van der Waals surface area contributed by atoms with Gasteiger partial charge in [0, 0.05) is 5.56 Å². The van der Waals surface area contributed by atoms with Gasteiger partial charge in [0.05, 0.1) is 6.20 Å². The van der Waals surface area contributed by atoms with Gasteiger partial charge in [-0.3, -0.25) is 0 Å². The third-order valence-corrected chi connectivity index (χ3v) is 3.03. The quantitative estimate of drug-likeness (QED) is 0.690. The maximum absolute atomic E-state index is 4.83. The molecule has 0 amide bonds. The molecule has 0 N–H and O–H groups in total. The van der Waals surface area contributed by atoms with Crippen LogP contribution < -0.4 is 0 Å². The van der Waals surface area contributed by atoms with E-state index in [9.17, 15) is 0 Å². The van der Waals surface area contributed by atoms with E-state index in [-0.39, 0.29) is 0 Å². The fourth-order valence-corrected chi connectivity index (χ4v) is 1.18. The Morgan fingerprint density at radius 2 is 2.25 bits per heavy atom. The molecule has 0 aliphatic rings. The van der Waals surface area contributed by atoms with E-state index in [0.29, 0.717) is 11.3 Å². The van der Waals surface area contributed by atoms with Crippen molar-refractivity contribution in [2.24, 2.45) is 5.41 Å². The van der Waals surface area contributed by atoms with Gasteiger partial charge in [-0.15, -0.1) is 0 Å². The van der Waals surface area contributed by atoms with Crippen LogP contribution in [0.2, 0.25) is 0 Å². The van der Waals surface area contributed by atoms with Gasteiger partial charge in [0.15, 0.2) is 0 Å². The van der Waals surface area contributed by atoms with E-state index in [1.165, 1.54) is 12.0 Å². The molecule has 1 heterocycles. The monoisotopic (exact) mass is 167 g/mol. The molecular formula is C10H17NO. The van der Waals surface area contributed by atoms with Crippen LogP contribution in [0.25, 0.3) is 0 Å². The largest absolute Gasteiger partial charge is 0.364 e. The molecule has 0 aliphatic heterocycles. The minimum Gasteiger partial charge on any atom is -0.364 e. The summed E-state index contributed by atoms with van der Waals surface area (Å²) in [5, 5.41) is 3.72. The molecule has 0 aliphatic carbocycles. The smallest absolute Gasteiger partial charge is 0.127 e. The highest BCUT2D eigenvalue weighted by Gasteiger charge is 2.25. The summed E-state index contributed by atoms with van der Waals surface area (Å²) in [5.41, 5.74) is 1.52. The van der Waals surface area contributed by atoms with Crippen molar-refractivity contribution in [1.29, 1.82) is 0 Å². The van der Waals surface area contributed by atoms with Crippen molar-refractivity contribution < 1.29 is 4.52 Å². The molecule has 0 saturated heterocycles. The van der Waals surface area contributed by atoms with Crippen LogP contribution in [0.5, 0.6) is 0 Å². The summed E-state index contributed by atoms with van der Waals surface area (Å²) in [6.45, 7) is 8.97. The van der Waals surface area contributed by atoms with Crippen LogP contribution in [-0.4, -0.2) is 5.16 Å².